The van der Waals surface area contributed by atoms with Crippen molar-refractivity contribution >= 4 is 0 Å². The molecule has 0 saturated carbocycles. The fraction of sp³-hybridized carbons (Fsp3) is 0.714. The Labute approximate surface area is 122 Å². The van der Waals surface area contributed by atoms with Crippen molar-refractivity contribution in [2.45, 2.75) is 64.1 Å². The van der Waals surface area contributed by atoms with Gasteiger partial charge in [0, 0.05) is 18.2 Å². The van der Waals surface area contributed by atoms with Gasteiger partial charge in [-0.05, 0) is 13.3 Å². The van der Waals surface area contributed by atoms with Gasteiger partial charge >= 0.3 is 5.69 Å². The number of nitrogens with one attached hydrogen (secondary N) is 1. The number of ether oxygens (including phenoxy) is 1. The first-order chi connectivity index (χ1) is 9.93. The van der Waals surface area contributed by atoms with Gasteiger partial charge in [-0.2, -0.15) is 0 Å². The lowest BCUT2D eigenvalue weighted by atomic mass is 10.0. The summed E-state index contributed by atoms with van der Waals surface area (Å²) in [5.74, 6) is 0. The van der Waals surface area contributed by atoms with Crippen molar-refractivity contribution < 1.29 is 14.9 Å². The molecule has 1 saturated heterocycles. The van der Waals surface area contributed by atoms with Crippen LogP contribution < -0.4 is 11.2 Å². The maximum Gasteiger partial charge on any atom is 0.330 e. The van der Waals surface area contributed by atoms with E-state index in [4.69, 9.17) is 4.74 Å². The monoisotopic (exact) mass is 298 g/mol. The molecule has 1 aliphatic heterocycles. The number of aromatic nitrogens is 2. The third kappa shape index (κ3) is 3.42. The Hall–Kier alpha value is -1.44. The van der Waals surface area contributed by atoms with E-state index in [1.165, 1.54) is 10.8 Å². The Bertz CT molecular complexity index is 594. The van der Waals surface area contributed by atoms with E-state index in [-0.39, 0.29) is 6.42 Å². The molecule has 7 heteroatoms. The smallest absolute Gasteiger partial charge is 0.330 e. The van der Waals surface area contributed by atoms with Crippen LogP contribution in [0.1, 0.15) is 44.4 Å². The molecule has 0 aromatic carbocycles. The van der Waals surface area contributed by atoms with Crippen LogP contribution in [0.2, 0.25) is 0 Å². The van der Waals surface area contributed by atoms with Gasteiger partial charge in [-0.25, -0.2) is 4.79 Å². The van der Waals surface area contributed by atoms with Gasteiger partial charge in [0.2, 0.25) is 0 Å². The van der Waals surface area contributed by atoms with E-state index in [0.717, 1.165) is 12.8 Å². The van der Waals surface area contributed by atoms with Crippen LogP contribution in [0.3, 0.4) is 0 Å². The van der Waals surface area contributed by atoms with Crippen LogP contribution in [-0.2, 0) is 4.74 Å². The molecule has 2 rings (SSSR count). The summed E-state index contributed by atoms with van der Waals surface area (Å²) in [4.78, 5) is 25.4. The van der Waals surface area contributed by atoms with Crippen molar-refractivity contribution in [3.8, 4) is 0 Å². The number of aromatic amines is 1. The van der Waals surface area contributed by atoms with E-state index in [1.54, 1.807) is 6.92 Å². The Morgan fingerprint density at radius 3 is 2.90 bits per heavy atom. The molecule has 7 nitrogen and oxygen atoms in total. The van der Waals surface area contributed by atoms with Crippen molar-refractivity contribution in [1.82, 2.24) is 9.55 Å². The highest BCUT2D eigenvalue weighted by molar-refractivity contribution is 5.02. The number of aryl methyl sites for hydroxylation is 1. The Kier molecular flexibility index (Phi) is 4.97. The molecule has 0 unspecified atom stereocenters. The molecule has 1 aliphatic rings. The Morgan fingerprint density at radius 1 is 1.52 bits per heavy atom. The third-order valence-corrected chi connectivity index (χ3v) is 3.83. The molecule has 0 spiro atoms. The van der Waals surface area contributed by atoms with E-state index in [2.05, 4.69) is 4.98 Å². The summed E-state index contributed by atoms with van der Waals surface area (Å²) in [6, 6.07) is 0. The van der Waals surface area contributed by atoms with Gasteiger partial charge in [0.15, 0.2) is 0 Å². The first-order valence-electron chi connectivity index (χ1n) is 7.27. The van der Waals surface area contributed by atoms with Gasteiger partial charge in [0.05, 0.1) is 12.2 Å². The Morgan fingerprint density at radius 2 is 2.24 bits per heavy atom. The molecule has 3 N–H and O–H groups in total. The fourth-order valence-corrected chi connectivity index (χ4v) is 2.57. The van der Waals surface area contributed by atoms with Crippen molar-refractivity contribution in [3.05, 3.63) is 32.6 Å². The summed E-state index contributed by atoms with van der Waals surface area (Å²) in [5.41, 5.74) is -0.622. The third-order valence-electron chi connectivity index (χ3n) is 3.83. The number of aliphatic hydroxyl groups is 2. The van der Waals surface area contributed by atoms with Crippen molar-refractivity contribution in [2.75, 3.05) is 0 Å². The average Bonchev–Trinajstić information content (AvgIpc) is 2.82. The average molecular weight is 298 g/mol. The minimum absolute atomic E-state index is 0.208. The summed E-state index contributed by atoms with van der Waals surface area (Å²) >= 11 is 0. The van der Waals surface area contributed by atoms with Gasteiger partial charge in [-0.15, -0.1) is 0 Å². The number of nitrogens with zero attached hydrogens (tertiary/aromatic N) is 1. The largest absolute Gasteiger partial charge is 0.390 e. The van der Waals surface area contributed by atoms with Crippen LogP contribution in [0, 0.1) is 6.92 Å². The number of aliphatic hydroxyl groups excluding tert-OH is 2. The van der Waals surface area contributed by atoms with Gasteiger partial charge in [0.25, 0.3) is 5.56 Å². The number of unbranched alkanes of at least 4 members (excludes halogenated alkanes) is 1. The van der Waals surface area contributed by atoms with Gasteiger partial charge in [-0.3, -0.25) is 14.3 Å². The van der Waals surface area contributed by atoms with E-state index in [0.29, 0.717) is 12.0 Å². The van der Waals surface area contributed by atoms with Crippen molar-refractivity contribution in [2.24, 2.45) is 0 Å². The van der Waals surface area contributed by atoms with Crippen LogP contribution in [0.15, 0.2) is 15.8 Å². The van der Waals surface area contributed by atoms with Gasteiger partial charge < -0.3 is 14.9 Å². The van der Waals surface area contributed by atoms with Crippen LogP contribution in [0.4, 0.5) is 0 Å². The lowest BCUT2D eigenvalue weighted by Crippen LogP contribution is -2.35. The van der Waals surface area contributed by atoms with E-state index < -0.39 is 35.8 Å². The van der Waals surface area contributed by atoms with Crippen molar-refractivity contribution in [3.63, 3.8) is 0 Å². The molecular weight excluding hydrogens is 276 g/mol. The number of H-pyrrole nitrogens is 1. The lowest BCUT2D eigenvalue weighted by Gasteiger charge is -2.21. The topological polar surface area (TPSA) is 105 Å². The normalized spacial score (nSPS) is 27.0. The molecule has 1 aromatic heterocycles. The Balaban J connectivity index is 2.16. The highest BCUT2D eigenvalue weighted by atomic mass is 16.5. The second kappa shape index (κ2) is 6.55. The molecule has 1 aromatic rings. The van der Waals surface area contributed by atoms with Crippen molar-refractivity contribution in [1.29, 1.82) is 0 Å². The predicted octanol–water partition coefficient (Wildman–Crippen LogP) is 0.0445. The molecule has 1 fully saturated rings. The van der Waals surface area contributed by atoms with E-state index in [1.807, 2.05) is 6.92 Å². The molecule has 0 radical (unpaired) electrons. The lowest BCUT2D eigenvalue weighted by molar-refractivity contribution is -0.0856. The summed E-state index contributed by atoms with van der Waals surface area (Å²) in [6.45, 7) is 3.61. The standard InChI is InChI=1S/C14H22N2O5/c1-3-4-5-9(17)12-10(18)6-11(21-12)16-7-8(2)13(19)15-14(16)20/h7,9-12,17-18H,3-6H2,1-2H3,(H,15,19,20)/t9-,10-,11+,12+/m0/s1. The molecule has 0 bridgehead atoms. The minimum Gasteiger partial charge on any atom is -0.390 e. The van der Waals surface area contributed by atoms with Gasteiger partial charge in [0.1, 0.15) is 12.3 Å². The number of hydrogen-bond donors (Lipinski definition) is 3. The molecule has 118 valence electrons. The zero-order valence-corrected chi connectivity index (χ0v) is 12.3. The number of hydrogen-bond acceptors (Lipinski definition) is 5. The molecule has 0 amide bonds. The SMILES string of the molecule is CCCC[C@H](O)[C@H]1O[C@@H](n2cc(C)c(=O)[nH]c2=O)C[C@@H]1O. The highest BCUT2D eigenvalue weighted by Gasteiger charge is 2.39. The second-order valence-corrected chi connectivity index (χ2v) is 5.55. The van der Waals surface area contributed by atoms with Crippen LogP contribution in [0.25, 0.3) is 0 Å². The summed E-state index contributed by atoms with van der Waals surface area (Å²) in [5, 5.41) is 20.1. The molecule has 2 heterocycles. The molecule has 4 atom stereocenters. The second-order valence-electron chi connectivity index (χ2n) is 5.55. The molecular formula is C14H22N2O5. The van der Waals surface area contributed by atoms with Crippen LogP contribution in [0.5, 0.6) is 0 Å². The van der Waals surface area contributed by atoms with Crippen LogP contribution in [-0.4, -0.2) is 38.1 Å². The maximum atomic E-state index is 11.8. The van der Waals surface area contributed by atoms with E-state index in [9.17, 15) is 19.8 Å². The minimum atomic E-state index is -0.832. The summed E-state index contributed by atoms with van der Waals surface area (Å²) in [7, 11) is 0. The zero-order valence-electron chi connectivity index (χ0n) is 12.3. The summed E-state index contributed by atoms with van der Waals surface area (Å²) in [6.07, 6.45) is 0.983. The van der Waals surface area contributed by atoms with Crippen LogP contribution >= 0.6 is 0 Å². The zero-order chi connectivity index (χ0) is 15.6. The number of rotatable bonds is 5. The quantitative estimate of drug-likeness (QED) is 0.712. The molecule has 21 heavy (non-hydrogen) atoms. The van der Waals surface area contributed by atoms with Gasteiger partial charge in [-0.1, -0.05) is 19.8 Å². The highest BCUT2D eigenvalue weighted by Crippen LogP contribution is 2.30. The molecule has 0 aliphatic carbocycles. The predicted molar refractivity (Wildman–Crippen MR) is 76.1 cm³/mol. The maximum absolute atomic E-state index is 11.8. The first kappa shape index (κ1) is 15.9. The summed E-state index contributed by atoms with van der Waals surface area (Å²) < 4.78 is 6.89. The first-order valence-corrected chi connectivity index (χ1v) is 7.27. The van der Waals surface area contributed by atoms with E-state index >= 15 is 0 Å². The fourth-order valence-electron chi connectivity index (χ4n) is 2.57.